The van der Waals surface area contributed by atoms with E-state index in [4.69, 9.17) is 0 Å². The Morgan fingerprint density at radius 2 is 1.92 bits per heavy atom. The summed E-state index contributed by atoms with van der Waals surface area (Å²) in [7, 11) is 0. The quantitative estimate of drug-likeness (QED) is 0.804. The standard InChI is InChI=1S/C19H17FN2O2/c1-12-5-3-4-6-14(12)9-17-13(2)19(24)22(11-21-17)15-7-8-18(23)16(20)10-15/h3-8,10-11,23H,9H2,1-2H3. The molecule has 0 radical (unpaired) electrons. The molecule has 4 nitrogen and oxygen atoms in total. The molecule has 3 aromatic rings. The SMILES string of the molecule is Cc1ccccc1Cc1ncn(-c2ccc(O)c(F)c2)c(=O)c1C. The van der Waals surface area contributed by atoms with Crippen molar-refractivity contribution in [2.24, 2.45) is 0 Å². The number of aromatic nitrogens is 2. The lowest BCUT2D eigenvalue weighted by Gasteiger charge is -2.11. The lowest BCUT2D eigenvalue weighted by Crippen LogP contribution is -2.23. The summed E-state index contributed by atoms with van der Waals surface area (Å²) in [5.41, 5.74) is 3.55. The van der Waals surface area contributed by atoms with Gasteiger partial charge in [-0.1, -0.05) is 24.3 Å². The van der Waals surface area contributed by atoms with Gasteiger partial charge in [-0.05, 0) is 37.1 Å². The Bertz CT molecular complexity index is 964. The second kappa shape index (κ2) is 6.28. The van der Waals surface area contributed by atoms with E-state index in [0.29, 0.717) is 23.4 Å². The van der Waals surface area contributed by atoms with Gasteiger partial charge in [0, 0.05) is 18.1 Å². The van der Waals surface area contributed by atoms with Crippen LogP contribution in [0.2, 0.25) is 0 Å². The lowest BCUT2D eigenvalue weighted by molar-refractivity contribution is 0.432. The zero-order chi connectivity index (χ0) is 17.3. The maximum atomic E-state index is 13.5. The molecule has 0 aliphatic carbocycles. The van der Waals surface area contributed by atoms with Crippen molar-refractivity contribution < 1.29 is 9.50 Å². The predicted molar refractivity (Wildman–Crippen MR) is 90.2 cm³/mol. The molecule has 0 aliphatic heterocycles. The average Bonchev–Trinajstić information content (AvgIpc) is 2.57. The molecule has 122 valence electrons. The highest BCUT2D eigenvalue weighted by atomic mass is 19.1. The van der Waals surface area contributed by atoms with Crippen LogP contribution in [0.5, 0.6) is 5.75 Å². The zero-order valence-electron chi connectivity index (χ0n) is 13.5. The van der Waals surface area contributed by atoms with Gasteiger partial charge >= 0.3 is 0 Å². The Balaban J connectivity index is 2.02. The van der Waals surface area contributed by atoms with Gasteiger partial charge in [0.05, 0.1) is 11.4 Å². The van der Waals surface area contributed by atoms with Gasteiger partial charge in [0.15, 0.2) is 11.6 Å². The molecule has 2 aromatic carbocycles. The summed E-state index contributed by atoms with van der Waals surface area (Å²) in [6.07, 6.45) is 1.97. The largest absolute Gasteiger partial charge is 0.505 e. The molecule has 0 amide bonds. The van der Waals surface area contributed by atoms with E-state index in [2.05, 4.69) is 4.98 Å². The van der Waals surface area contributed by atoms with Gasteiger partial charge in [-0.3, -0.25) is 9.36 Å². The molecule has 0 spiro atoms. The molecule has 5 heteroatoms. The minimum Gasteiger partial charge on any atom is -0.505 e. The Morgan fingerprint density at radius 3 is 2.62 bits per heavy atom. The second-order valence-electron chi connectivity index (χ2n) is 5.73. The fourth-order valence-corrected chi connectivity index (χ4v) is 2.58. The monoisotopic (exact) mass is 324 g/mol. The van der Waals surface area contributed by atoms with Crippen molar-refractivity contribution in [3.05, 3.63) is 87.3 Å². The van der Waals surface area contributed by atoms with Crippen molar-refractivity contribution in [1.82, 2.24) is 9.55 Å². The first-order valence-electron chi connectivity index (χ1n) is 7.58. The topological polar surface area (TPSA) is 55.1 Å². The number of rotatable bonds is 3. The van der Waals surface area contributed by atoms with Crippen molar-refractivity contribution in [3.63, 3.8) is 0 Å². The summed E-state index contributed by atoms with van der Waals surface area (Å²) in [6.45, 7) is 3.74. The van der Waals surface area contributed by atoms with Crippen LogP contribution in [-0.4, -0.2) is 14.7 Å². The molecule has 0 bridgehead atoms. The molecule has 24 heavy (non-hydrogen) atoms. The van der Waals surface area contributed by atoms with E-state index in [0.717, 1.165) is 17.2 Å². The van der Waals surface area contributed by atoms with Gasteiger partial charge in [-0.15, -0.1) is 0 Å². The molecule has 1 aromatic heterocycles. The van der Waals surface area contributed by atoms with Gasteiger partial charge < -0.3 is 5.11 Å². The molecule has 0 unspecified atom stereocenters. The number of phenolic OH excluding ortho intramolecular Hbond substituents is 1. The molecule has 0 saturated heterocycles. The third-order valence-electron chi connectivity index (χ3n) is 4.13. The van der Waals surface area contributed by atoms with E-state index in [-0.39, 0.29) is 5.56 Å². The van der Waals surface area contributed by atoms with Crippen molar-refractivity contribution in [3.8, 4) is 11.4 Å². The third kappa shape index (κ3) is 2.93. The Hall–Kier alpha value is -2.95. The molecule has 0 saturated carbocycles. The average molecular weight is 324 g/mol. The number of aromatic hydroxyl groups is 1. The van der Waals surface area contributed by atoms with E-state index in [1.54, 1.807) is 6.92 Å². The fourth-order valence-electron chi connectivity index (χ4n) is 2.58. The van der Waals surface area contributed by atoms with E-state index in [1.165, 1.54) is 23.0 Å². The van der Waals surface area contributed by atoms with E-state index >= 15 is 0 Å². The summed E-state index contributed by atoms with van der Waals surface area (Å²) < 4.78 is 14.8. The van der Waals surface area contributed by atoms with Crippen LogP contribution in [0.15, 0.2) is 53.6 Å². The van der Waals surface area contributed by atoms with Crippen LogP contribution < -0.4 is 5.56 Å². The first-order valence-corrected chi connectivity index (χ1v) is 7.58. The summed E-state index contributed by atoms with van der Waals surface area (Å²) in [5.74, 6) is -1.23. The van der Waals surface area contributed by atoms with Crippen LogP contribution in [0.1, 0.15) is 22.4 Å². The normalized spacial score (nSPS) is 10.8. The molecule has 0 atom stereocenters. The fraction of sp³-hybridized carbons (Fsp3) is 0.158. The summed E-state index contributed by atoms with van der Waals surface area (Å²) >= 11 is 0. The van der Waals surface area contributed by atoms with Crippen molar-refractivity contribution in [2.75, 3.05) is 0 Å². The Kier molecular flexibility index (Phi) is 4.16. The van der Waals surface area contributed by atoms with Gasteiger partial charge in [0.2, 0.25) is 0 Å². The zero-order valence-corrected chi connectivity index (χ0v) is 13.5. The third-order valence-corrected chi connectivity index (χ3v) is 4.13. The number of hydrogen-bond acceptors (Lipinski definition) is 3. The first kappa shape index (κ1) is 15.9. The number of benzene rings is 2. The van der Waals surface area contributed by atoms with Crippen LogP contribution in [0.25, 0.3) is 5.69 Å². The molecule has 3 rings (SSSR count). The van der Waals surface area contributed by atoms with Crippen LogP contribution in [0.3, 0.4) is 0 Å². The maximum absolute atomic E-state index is 13.5. The van der Waals surface area contributed by atoms with Gasteiger partial charge in [0.25, 0.3) is 5.56 Å². The molecule has 0 fully saturated rings. The first-order chi connectivity index (χ1) is 11.5. The number of halogens is 1. The summed E-state index contributed by atoms with van der Waals surface area (Å²) in [6, 6.07) is 11.8. The van der Waals surface area contributed by atoms with Gasteiger partial charge in [-0.25, -0.2) is 9.37 Å². The van der Waals surface area contributed by atoms with Gasteiger partial charge in [0.1, 0.15) is 6.33 Å². The smallest absolute Gasteiger partial charge is 0.261 e. The predicted octanol–water partition coefficient (Wildman–Crippen LogP) is 3.28. The van der Waals surface area contributed by atoms with E-state index in [9.17, 15) is 14.3 Å². The molecular weight excluding hydrogens is 307 g/mol. The van der Waals surface area contributed by atoms with Crippen LogP contribution >= 0.6 is 0 Å². The van der Waals surface area contributed by atoms with E-state index < -0.39 is 11.6 Å². The van der Waals surface area contributed by atoms with Gasteiger partial charge in [-0.2, -0.15) is 0 Å². The van der Waals surface area contributed by atoms with Crippen LogP contribution in [0, 0.1) is 19.7 Å². The van der Waals surface area contributed by atoms with Crippen LogP contribution in [-0.2, 0) is 6.42 Å². The van der Waals surface area contributed by atoms with Crippen molar-refractivity contribution in [2.45, 2.75) is 20.3 Å². The number of aryl methyl sites for hydroxylation is 1. The van der Waals surface area contributed by atoms with E-state index in [1.807, 2.05) is 31.2 Å². The highest BCUT2D eigenvalue weighted by molar-refractivity contribution is 5.39. The minimum absolute atomic E-state index is 0.251. The maximum Gasteiger partial charge on any atom is 0.261 e. The minimum atomic E-state index is -0.777. The van der Waals surface area contributed by atoms with Crippen molar-refractivity contribution >= 4 is 0 Å². The number of hydrogen-bond donors (Lipinski definition) is 1. The Morgan fingerprint density at radius 1 is 1.17 bits per heavy atom. The van der Waals surface area contributed by atoms with Crippen molar-refractivity contribution in [1.29, 1.82) is 0 Å². The molecule has 1 N–H and O–H groups in total. The molecule has 1 heterocycles. The van der Waals surface area contributed by atoms with Crippen LogP contribution in [0.4, 0.5) is 4.39 Å². The number of nitrogens with zero attached hydrogens (tertiary/aromatic N) is 2. The molecular formula is C19H17FN2O2. The Labute approximate surface area is 138 Å². The highest BCUT2D eigenvalue weighted by Gasteiger charge is 2.11. The second-order valence-corrected chi connectivity index (χ2v) is 5.73. The summed E-state index contributed by atoms with van der Waals surface area (Å²) in [5, 5.41) is 9.27. The summed E-state index contributed by atoms with van der Waals surface area (Å²) in [4.78, 5) is 17.0. The lowest BCUT2D eigenvalue weighted by atomic mass is 10.0. The number of phenols is 1. The molecule has 0 aliphatic rings. The highest BCUT2D eigenvalue weighted by Crippen LogP contribution is 2.18.